The average molecular weight is 360 g/mol. The topological polar surface area (TPSA) is 45.3 Å². The number of carbonyl (C=O) groups excluding carboxylic acids is 1. The van der Waals surface area contributed by atoms with Crippen LogP contribution in [0.3, 0.4) is 0 Å². The fraction of sp³-hybridized carbons (Fsp3) is 0.348. The van der Waals surface area contributed by atoms with Gasteiger partial charge in [0, 0.05) is 48.6 Å². The lowest BCUT2D eigenvalue weighted by atomic mass is 9.74. The zero-order chi connectivity index (χ0) is 18.4. The molecule has 27 heavy (non-hydrogen) atoms. The van der Waals surface area contributed by atoms with E-state index < -0.39 is 0 Å². The van der Waals surface area contributed by atoms with Crippen LogP contribution in [0.1, 0.15) is 29.7 Å². The summed E-state index contributed by atoms with van der Waals surface area (Å²) in [5.41, 5.74) is 4.72. The van der Waals surface area contributed by atoms with Gasteiger partial charge < -0.3 is 9.72 Å². The van der Waals surface area contributed by atoms with Crippen LogP contribution < -0.4 is 4.74 Å². The summed E-state index contributed by atoms with van der Waals surface area (Å²) in [6.45, 7) is 1.86. The molecule has 138 valence electrons. The number of hydrogen-bond acceptors (Lipinski definition) is 3. The van der Waals surface area contributed by atoms with E-state index in [1.54, 1.807) is 7.11 Å². The highest BCUT2D eigenvalue weighted by Gasteiger charge is 2.48. The lowest BCUT2D eigenvalue weighted by molar-refractivity contribution is -0.127. The molecule has 4 heteroatoms. The Hall–Kier alpha value is -2.59. The number of benzene rings is 2. The van der Waals surface area contributed by atoms with Crippen molar-refractivity contribution < 1.29 is 9.53 Å². The third-order valence-corrected chi connectivity index (χ3v) is 6.31. The Morgan fingerprint density at radius 3 is 2.74 bits per heavy atom. The predicted octanol–water partition coefficient (Wildman–Crippen LogP) is 3.84. The van der Waals surface area contributed by atoms with Crippen molar-refractivity contribution in [3.05, 3.63) is 65.4 Å². The van der Waals surface area contributed by atoms with Crippen molar-refractivity contribution in [2.75, 3.05) is 20.2 Å². The van der Waals surface area contributed by atoms with Gasteiger partial charge in [-0.1, -0.05) is 30.3 Å². The van der Waals surface area contributed by atoms with Crippen LogP contribution in [0.4, 0.5) is 0 Å². The fourth-order valence-corrected chi connectivity index (χ4v) is 5.03. The van der Waals surface area contributed by atoms with Gasteiger partial charge in [0.05, 0.1) is 12.6 Å². The third kappa shape index (κ3) is 2.59. The number of piperidine rings is 1. The van der Waals surface area contributed by atoms with Gasteiger partial charge in [0.15, 0.2) is 0 Å². The first-order valence-corrected chi connectivity index (χ1v) is 9.69. The molecule has 3 aromatic rings. The Labute approximate surface area is 159 Å². The Kier molecular flexibility index (Phi) is 3.83. The molecule has 0 bridgehead atoms. The first-order valence-electron chi connectivity index (χ1n) is 9.69. The summed E-state index contributed by atoms with van der Waals surface area (Å²) in [6, 6.07) is 16.8. The van der Waals surface area contributed by atoms with E-state index in [-0.39, 0.29) is 5.54 Å². The number of ketones is 1. The molecule has 4 nitrogen and oxygen atoms in total. The van der Waals surface area contributed by atoms with Gasteiger partial charge in [-0.05, 0) is 36.1 Å². The monoisotopic (exact) mass is 360 g/mol. The van der Waals surface area contributed by atoms with E-state index in [4.69, 9.17) is 4.74 Å². The summed E-state index contributed by atoms with van der Waals surface area (Å²) in [6.07, 6.45) is 3.13. The molecule has 1 saturated heterocycles. The Bertz CT molecular complexity index is 1010. The lowest BCUT2D eigenvalue weighted by Crippen LogP contribution is -2.56. The normalized spacial score (nSPS) is 22.5. The molecule has 0 spiro atoms. The van der Waals surface area contributed by atoms with Gasteiger partial charge in [-0.2, -0.15) is 0 Å². The van der Waals surface area contributed by atoms with E-state index in [9.17, 15) is 4.79 Å². The number of carbonyl (C=O) groups is 1. The number of aromatic amines is 1. The number of ether oxygens (including phenoxy) is 1. The van der Waals surface area contributed by atoms with E-state index in [0.29, 0.717) is 18.6 Å². The first-order chi connectivity index (χ1) is 13.2. The number of fused-ring (bicyclic) bond motifs is 5. The van der Waals surface area contributed by atoms with Crippen molar-refractivity contribution in [3.63, 3.8) is 0 Å². The molecule has 1 atom stereocenters. The second kappa shape index (κ2) is 6.24. The number of aromatic nitrogens is 1. The summed E-state index contributed by atoms with van der Waals surface area (Å²) >= 11 is 0. The van der Waals surface area contributed by atoms with Gasteiger partial charge in [0.1, 0.15) is 11.5 Å². The fourth-order valence-electron chi connectivity index (χ4n) is 5.03. The predicted molar refractivity (Wildman–Crippen MR) is 106 cm³/mol. The average Bonchev–Trinajstić information content (AvgIpc) is 3.07. The molecule has 0 radical (unpaired) electrons. The number of methoxy groups -OCH3 is 1. The SMILES string of the molecule is COc1ccc2c3c([nH]c2c1)C1(Cc2ccccc2)CC(=O)CCN1CC3. The summed E-state index contributed by atoms with van der Waals surface area (Å²) in [5, 5.41) is 1.26. The molecule has 1 aromatic heterocycles. The Balaban J connectivity index is 1.70. The number of hydrogen-bond donors (Lipinski definition) is 1. The van der Waals surface area contributed by atoms with Crippen molar-refractivity contribution >= 4 is 16.7 Å². The molecule has 2 aliphatic rings. The largest absolute Gasteiger partial charge is 0.497 e. The quantitative estimate of drug-likeness (QED) is 0.772. The molecule has 2 aromatic carbocycles. The Morgan fingerprint density at radius 2 is 1.93 bits per heavy atom. The summed E-state index contributed by atoms with van der Waals surface area (Å²) < 4.78 is 5.41. The van der Waals surface area contributed by atoms with Gasteiger partial charge in [-0.25, -0.2) is 0 Å². The van der Waals surface area contributed by atoms with Crippen LogP contribution in [-0.4, -0.2) is 35.9 Å². The second-order valence-corrected chi connectivity index (χ2v) is 7.79. The molecule has 2 aliphatic heterocycles. The van der Waals surface area contributed by atoms with Crippen molar-refractivity contribution in [2.45, 2.75) is 31.2 Å². The molecular weight excluding hydrogens is 336 g/mol. The van der Waals surface area contributed by atoms with E-state index >= 15 is 0 Å². The standard InChI is InChI=1S/C23H24N2O2/c1-27-18-7-8-19-20-10-12-25-11-9-17(26)15-23(25,22(20)24-21(19)13-18)14-16-5-3-2-4-6-16/h2-8,13,24H,9-12,14-15H2,1H3. The van der Waals surface area contributed by atoms with Crippen molar-refractivity contribution in [1.82, 2.24) is 9.88 Å². The number of nitrogens with zero attached hydrogens (tertiary/aromatic N) is 1. The number of nitrogens with one attached hydrogen (secondary N) is 1. The number of rotatable bonds is 3. The van der Waals surface area contributed by atoms with Crippen LogP contribution in [0, 0.1) is 0 Å². The minimum Gasteiger partial charge on any atom is -0.497 e. The maximum Gasteiger partial charge on any atom is 0.136 e. The zero-order valence-electron chi connectivity index (χ0n) is 15.6. The van der Waals surface area contributed by atoms with Crippen LogP contribution in [0.2, 0.25) is 0 Å². The minimum atomic E-state index is -0.267. The van der Waals surface area contributed by atoms with Crippen molar-refractivity contribution in [2.24, 2.45) is 0 Å². The molecular formula is C23H24N2O2. The van der Waals surface area contributed by atoms with Gasteiger partial charge in [-0.15, -0.1) is 0 Å². The molecule has 1 fully saturated rings. The van der Waals surface area contributed by atoms with Crippen LogP contribution in [0.5, 0.6) is 5.75 Å². The van der Waals surface area contributed by atoms with Gasteiger partial charge >= 0.3 is 0 Å². The molecule has 1 N–H and O–H groups in total. The van der Waals surface area contributed by atoms with Crippen molar-refractivity contribution in [1.29, 1.82) is 0 Å². The minimum absolute atomic E-state index is 0.267. The lowest BCUT2D eigenvalue weighted by Gasteiger charge is -2.49. The molecule has 0 saturated carbocycles. The van der Waals surface area contributed by atoms with Crippen LogP contribution in [-0.2, 0) is 23.2 Å². The van der Waals surface area contributed by atoms with Crippen LogP contribution in [0.15, 0.2) is 48.5 Å². The van der Waals surface area contributed by atoms with E-state index in [0.717, 1.165) is 37.2 Å². The maximum absolute atomic E-state index is 12.6. The number of H-pyrrole nitrogens is 1. The smallest absolute Gasteiger partial charge is 0.136 e. The highest BCUT2D eigenvalue weighted by molar-refractivity contribution is 5.88. The molecule has 1 unspecified atom stereocenters. The Morgan fingerprint density at radius 1 is 1.11 bits per heavy atom. The highest BCUT2D eigenvalue weighted by Crippen LogP contribution is 2.45. The third-order valence-electron chi connectivity index (χ3n) is 6.31. The summed E-state index contributed by atoms with van der Waals surface area (Å²) in [5.74, 6) is 1.22. The second-order valence-electron chi connectivity index (χ2n) is 7.79. The van der Waals surface area contributed by atoms with Crippen LogP contribution >= 0.6 is 0 Å². The van der Waals surface area contributed by atoms with Gasteiger partial charge in [0.25, 0.3) is 0 Å². The highest BCUT2D eigenvalue weighted by atomic mass is 16.5. The van der Waals surface area contributed by atoms with Crippen molar-refractivity contribution in [3.8, 4) is 5.75 Å². The molecule has 3 heterocycles. The van der Waals surface area contributed by atoms with Gasteiger partial charge in [-0.3, -0.25) is 9.69 Å². The van der Waals surface area contributed by atoms with E-state index in [1.165, 1.54) is 22.2 Å². The van der Waals surface area contributed by atoms with Crippen LogP contribution in [0.25, 0.3) is 10.9 Å². The van der Waals surface area contributed by atoms with E-state index in [1.807, 2.05) is 12.1 Å². The first kappa shape index (κ1) is 16.6. The number of Topliss-reactive ketones (excluding diaryl/α,β-unsaturated/α-hetero) is 1. The summed E-state index contributed by atoms with van der Waals surface area (Å²) in [7, 11) is 1.70. The molecule has 0 aliphatic carbocycles. The maximum atomic E-state index is 12.6. The molecule has 0 amide bonds. The molecule has 5 rings (SSSR count). The zero-order valence-corrected chi connectivity index (χ0v) is 15.6. The van der Waals surface area contributed by atoms with Gasteiger partial charge in [0.2, 0.25) is 0 Å². The van der Waals surface area contributed by atoms with E-state index in [2.05, 4.69) is 46.3 Å². The summed E-state index contributed by atoms with van der Waals surface area (Å²) in [4.78, 5) is 18.8.